The van der Waals surface area contributed by atoms with Crippen molar-refractivity contribution in [1.29, 1.82) is 0 Å². The van der Waals surface area contributed by atoms with Gasteiger partial charge in [-0.1, -0.05) is 249 Å². The van der Waals surface area contributed by atoms with E-state index in [1.165, 1.54) is 75.1 Å². The highest BCUT2D eigenvalue weighted by Crippen LogP contribution is 2.46. The molecule has 3 heterocycles. The van der Waals surface area contributed by atoms with Gasteiger partial charge in [-0.25, -0.2) is 0 Å². The van der Waals surface area contributed by atoms with Gasteiger partial charge in [0, 0.05) is 54.6 Å². The van der Waals surface area contributed by atoms with E-state index in [1.807, 2.05) is 0 Å². The van der Waals surface area contributed by atoms with E-state index in [1.54, 1.807) is 0 Å². The molecule has 0 aliphatic carbocycles. The van der Waals surface area contributed by atoms with E-state index in [0.29, 0.717) is 0 Å². The summed E-state index contributed by atoms with van der Waals surface area (Å²) in [6.07, 6.45) is 0. The van der Waals surface area contributed by atoms with Crippen LogP contribution in [0.4, 0.5) is 0 Å². The summed E-state index contributed by atoms with van der Waals surface area (Å²) in [6, 6.07) is 111. The molecule has 356 valence electrons. The van der Waals surface area contributed by atoms with Gasteiger partial charge in [-0.15, -0.1) is 0 Å². The molecule has 0 spiro atoms. The predicted molar refractivity (Wildman–Crippen MR) is 324 cm³/mol. The minimum atomic E-state index is -2.88. The van der Waals surface area contributed by atoms with E-state index in [2.05, 4.69) is 311 Å². The number of fused-ring (bicyclic) bond motifs is 9. The second kappa shape index (κ2) is 17.7. The molecule has 0 radical (unpaired) electrons. The van der Waals surface area contributed by atoms with Crippen molar-refractivity contribution in [2.45, 2.75) is 0 Å². The summed E-state index contributed by atoms with van der Waals surface area (Å²) in [5.74, 6) is 0. The molecule has 0 amide bonds. The first kappa shape index (κ1) is 43.8. The standard InChI is InChI=1S/C72H49N3Si/c1-4-25-50(26-5-1)76(51-27-6-2-7-28-51,52-29-8-3-9-30-52)53-47-48-71-63(49-53)60-37-16-23-46-70(60)75(71)72-61(58-35-14-21-44-68(58)73-64-40-17-10-31-54(64)55-32-11-18-41-65(55)73)38-24-39-62(72)59-36-15-22-45-69(59)74-66-42-19-12-33-56(66)57-34-13-20-43-67(57)74/h1-49H. The van der Waals surface area contributed by atoms with E-state index in [4.69, 9.17) is 0 Å². The van der Waals surface area contributed by atoms with E-state index < -0.39 is 8.07 Å². The normalized spacial score (nSPS) is 11.9. The summed E-state index contributed by atoms with van der Waals surface area (Å²) >= 11 is 0. The largest absolute Gasteiger partial charge is 0.309 e. The fraction of sp³-hybridized carbons (Fsp3) is 0. The Labute approximate surface area is 442 Å². The van der Waals surface area contributed by atoms with E-state index in [9.17, 15) is 0 Å². The van der Waals surface area contributed by atoms with Gasteiger partial charge in [-0.05, 0) is 69.3 Å². The van der Waals surface area contributed by atoms with Crippen LogP contribution in [0.15, 0.2) is 297 Å². The average Bonchev–Trinajstić information content (AvgIpc) is 4.25. The fourth-order valence-corrected chi connectivity index (χ4v) is 17.7. The number of para-hydroxylation sites is 8. The average molecular weight is 984 g/mol. The quantitative estimate of drug-likeness (QED) is 0.101. The molecule has 0 bridgehead atoms. The highest BCUT2D eigenvalue weighted by molar-refractivity contribution is 7.20. The van der Waals surface area contributed by atoms with E-state index >= 15 is 0 Å². The van der Waals surface area contributed by atoms with E-state index in [0.717, 1.165) is 50.3 Å². The molecule has 12 aromatic carbocycles. The highest BCUT2D eigenvalue weighted by Gasteiger charge is 2.41. The van der Waals surface area contributed by atoms with Crippen LogP contribution >= 0.6 is 0 Å². The minimum absolute atomic E-state index is 1.13. The van der Waals surface area contributed by atoms with Crippen LogP contribution in [0.5, 0.6) is 0 Å². The zero-order chi connectivity index (χ0) is 50.2. The third-order valence-electron chi connectivity index (χ3n) is 16.0. The van der Waals surface area contributed by atoms with Gasteiger partial charge in [0.15, 0.2) is 8.07 Å². The van der Waals surface area contributed by atoms with Crippen molar-refractivity contribution in [3.63, 3.8) is 0 Å². The molecule has 0 fully saturated rings. The Morgan fingerprint density at radius 1 is 0.197 bits per heavy atom. The lowest BCUT2D eigenvalue weighted by molar-refractivity contribution is 1.15. The van der Waals surface area contributed by atoms with Crippen molar-refractivity contribution >= 4 is 94.2 Å². The zero-order valence-electron chi connectivity index (χ0n) is 41.6. The molecule has 0 aliphatic rings. The molecule has 76 heavy (non-hydrogen) atoms. The third kappa shape index (κ3) is 6.54. The topological polar surface area (TPSA) is 14.8 Å². The Bertz CT molecular complexity index is 4320. The van der Waals surface area contributed by atoms with Crippen molar-refractivity contribution in [1.82, 2.24) is 13.7 Å². The van der Waals surface area contributed by atoms with Crippen LogP contribution in [-0.4, -0.2) is 21.8 Å². The number of rotatable bonds is 9. The third-order valence-corrected chi connectivity index (χ3v) is 20.8. The SMILES string of the molecule is c1ccc([Si](c2ccccc2)(c2ccccc2)c2ccc3c(c2)c2ccccc2n3-c2c(-c3ccccc3-n3c4ccccc4c4ccccc43)cccc2-c2ccccc2-n2c3ccccc3c3ccccc32)cc1. The van der Waals surface area contributed by atoms with Crippen molar-refractivity contribution in [3.8, 4) is 39.3 Å². The van der Waals surface area contributed by atoms with Gasteiger partial charge in [-0.3, -0.25) is 0 Å². The summed E-state index contributed by atoms with van der Waals surface area (Å²) < 4.78 is 7.53. The van der Waals surface area contributed by atoms with Gasteiger partial charge < -0.3 is 13.7 Å². The number of hydrogen-bond acceptors (Lipinski definition) is 0. The Hall–Kier alpha value is -9.74. The molecule has 0 atom stereocenters. The maximum absolute atomic E-state index is 2.88. The first-order valence-corrected chi connectivity index (χ1v) is 28.3. The molecule has 4 heteroatoms. The van der Waals surface area contributed by atoms with Crippen molar-refractivity contribution < 1.29 is 0 Å². The van der Waals surface area contributed by atoms with Crippen LogP contribution in [0, 0.1) is 0 Å². The molecule has 0 saturated heterocycles. The molecule has 0 N–H and O–H groups in total. The van der Waals surface area contributed by atoms with Gasteiger partial charge in [0.05, 0.1) is 50.2 Å². The molecule has 0 unspecified atom stereocenters. The second-order valence-electron chi connectivity index (χ2n) is 19.9. The Balaban J connectivity index is 1.07. The highest BCUT2D eigenvalue weighted by atomic mass is 28.3. The van der Waals surface area contributed by atoms with Crippen LogP contribution in [0.25, 0.3) is 105 Å². The molecule has 0 aliphatic heterocycles. The van der Waals surface area contributed by atoms with Gasteiger partial charge in [0.25, 0.3) is 0 Å². The van der Waals surface area contributed by atoms with Crippen LogP contribution in [0.2, 0.25) is 0 Å². The maximum atomic E-state index is 2.58. The molecular weight excluding hydrogens is 935 g/mol. The van der Waals surface area contributed by atoms with Crippen LogP contribution in [0.3, 0.4) is 0 Å². The molecule has 15 aromatic rings. The molecule has 15 rings (SSSR count). The van der Waals surface area contributed by atoms with Crippen molar-refractivity contribution in [2.24, 2.45) is 0 Å². The molecular formula is C72H49N3Si. The van der Waals surface area contributed by atoms with Gasteiger partial charge in [0.1, 0.15) is 0 Å². The van der Waals surface area contributed by atoms with E-state index in [-0.39, 0.29) is 0 Å². The number of aromatic nitrogens is 3. The Morgan fingerprint density at radius 3 is 0.908 bits per heavy atom. The molecule has 0 saturated carbocycles. The lowest BCUT2D eigenvalue weighted by atomic mass is 9.93. The summed E-state index contributed by atoms with van der Waals surface area (Å²) in [6.45, 7) is 0. The summed E-state index contributed by atoms with van der Waals surface area (Å²) in [5, 5.41) is 12.8. The fourth-order valence-electron chi connectivity index (χ4n) is 12.9. The summed E-state index contributed by atoms with van der Waals surface area (Å²) in [4.78, 5) is 0. The first-order valence-electron chi connectivity index (χ1n) is 26.3. The molecule has 3 aromatic heterocycles. The smallest absolute Gasteiger partial charge is 0.179 e. The lowest BCUT2D eigenvalue weighted by Crippen LogP contribution is -2.74. The summed E-state index contributed by atoms with van der Waals surface area (Å²) in [7, 11) is -2.88. The summed E-state index contributed by atoms with van der Waals surface area (Å²) in [5.41, 5.74) is 15.0. The second-order valence-corrected chi connectivity index (χ2v) is 23.7. The minimum Gasteiger partial charge on any atom is -0.309 e. The number of benzene rings is 12. The number of hydrogen-bond donors (Lipinski definition) is 0. The molecule has 3 nitrogen and oxygen atoms in total. The van der Waals surface area contributed by atoms with Crippen LogP contribution in [-0.2, 0) is 0 Å². The Morgan fingerprint density at radius 2 is 0.500 bits per heavy atom. The lowest BCUT2D eigenvalue weighted by Gasteiger charge is -2.34. The van der Waals surface area contributed by atoms with Crippen molar-refractivity contribution in [2.75, 3.05) is 0 Å². The zero-order valence-corrected chi connectivity index (χ0v) is 42.6. The van der Waals surface area contributed by atoms with Crippen molar-refractivity contribution in [3.05, 3.63) is 297 Å². The van der Waals surface area contributed by atoms with Gasteiger partial charge in [-0.2, -0.15) is 0 Å². The van der Waals surface area contributed by atoms with Gasteiger partial charge >= 0.3 is 0 Å². The van der Waals surface area contributed by atoms with Gasteiger partial charge in [0.2, 0.25) is 0 Å². The number of nitrogens with zero attached hydrogens (tertiary/aromatic N) is 3. The predicted octanol–water partition coefficient (Wildman–Crippen LogP) is 15.7. The maximum Gasteiger partial charge on any atom is 0.179 e. The van der Waals surface area contributed by atoms with Crippen LogP contribution in [0.1, 0.15) is 0 Å². The van der Waals surface area contributed by atoms with Crippen LogP contribution < -0.4 is 20.7 Å². The monoisotopic (exact) mass is 983 g/mol. The Kier molecular flexibility index (Phi) is 10.2. The first-order chi connectivity index (χ1) is 37.8.